The quantitative estimate of drug-likeness (QED) is 0.597. The van der Waals surface area contributed by atoms with Crippen LogP contribution in [0.15, 0.2) is 0 Å². The number of likely N-dealkylation sites (N-methyl/N-ethyl adjacent to an activating group) is 1. The summed E-state index contributed by atoms with van der Waals surface area (Å²) in [4.78, 5) is 27.8. The fourth-order valence-electron chi connectivity index (χ4n) is 2.08. The zero-order chi connectivity index (χ0) is 12.5. The smallest absolute Gasteiger partial charge is 0.133 e. The maximum Gasteiger partial charge on any atom is 0.133 e. The standard InChI is InChI=1S/C12H23N3O2/c1-2-13-3-5-14(9-11-16)7-8-15(6-4-13)10-12-17/h11-12H,2-10H2,1H3. The van der Waals surface area contributed by atoms with Crippen LogP contribution in [-0.4, -0.2) is 86.2 Å². The van der Waals surface area contributed by atoms with Gasteiger partial charge < -0.3 is 14.5 Å². The van der Waals surface area contributed by atoms with E-state index in [0.29, 0.717) is 13.1 Å². The predicted octanol–water partition coefficient (Wildman–Crippen LogP) is -0.676. The second-order valence-electron chi connectivity index (χ2n) is 4.37. The molecule has 0 atom stereocenters. The molecule has 0 aromatic heterocycles. The molecule has 0 saturated carbocycles. The highest BCUT2D eigenvalue weighted by atomic mass is 16.1. The molecule has 98 valence electrons. The van der Waals surface area contributed by atoms with Crippen LogP contribution in [0.3, 0.4) is 0 Å². The molecule has 1 fully saturated rings. The number of carbonyl (C=O) groups excluding carboxylic acids is 2. The Morgan fingerprint density at radius 2 is 1.12 bits per heavy atom. The Kier molecular flexibility index (Phi) is 7.00. The van der Waals surface area contributed by atoms with Crippen molar-refractivity contribution in [3.63, 3.8) is 0 Å². The minimum absolute atomic E-state index is 0.493. The van der Waals surface area contributed by atoms with Crippen molar-refractivity contribution in [3.05, 3.63) is 0 Å². The lowest BCUT2D eigenvalue weighted by molar-refractivity contribution is -0.110. The summed E-state index contributed by atoms with van der Waals surface area (Å²) in [6.07, 6.45) is 1.91. The van der Waals surface area contributed by atoms with E-state index in [1.807, 2.05) is 0 Å². The molecule has 1 rings (SSSR count). The lowest BCUT2D eigenvalue weighted by Crippen LogP contribution is -2.37. The third-order valence-electron chi connectivity index (χ3n) is 3.31. The van der Waals surface area contributed by atoms with Crippen LogP contribution in [-0.2, 0) is 9.59 Å². The first-order chi connectivity index (χ1) is 8.30. The number of aldehydes is 2. The van der Waals surface area contributed by atoms with Crippen molar-refractivity contribution in [2.75, 3.05) is 58.9 Å². The molecular formula is C12H23N3O2. The van der Waals surface area contributed by atoms with E-state index < -0.39 is 0 Å². The average Bonchev–Trinajstić information content (AvgIpc) is 2.43. The summed E-state index contributed by atoms with van der Waals surface area (Å²) in [5.74, 6) is 0. The number of nitrogens with zero attached hydrogens (tertiary/aromatic N) is 3. The van der Waals surface area contributed by atoms with Crippen LogP contribution in [0.2, 0.25) is 0 Å². The van der Waals surface area contributed by atoms with Gasteiger partial charge in [0.15, 0.2) is 0 Å². The number of rotatable bonds is 5. The zero-order valence-electron chi connectivity index (χ0n) is 10.7. The molecule has 0 spiro atoms. The molecule has 0 aromatic rings. The Balaban J connectivity index is 2.54. The lowest BCUT2D eigenvalue weighted by atomic mass is 10.4. The summed E-state index contributed by atoms with van der Waals surface area (Å²) in [5, 5.41) is 0. The van der Waals surface area contributed by atoms with Crippen LogP contribution < -0.4 is 0 Å². The first-order valence-electron chi connectivity index (χ1n) is 6.34. The van der Waals surface area contributed by atoms with Gasteiger partial charge in [-0.25, -0.2) is 0 Å². The number of hydrogen-bond acceptors (Lipinski definition) is 5. The molecule has 0 unspecified atom stereocenters. The molecule has 5 heteroatoms. The summed E-state index contributed by atoms with van der Waals surface area (Å²) in [5.41, 5.74) is 0. The van der Waals surface area contributed by atoms with E-state index in [9.17, 15) is 9.59 Å². The van der Waals surface area contributed by atoms with E-state index in [1.165, 1.54) is 0 Å². The van der Waals surface area contributed by atoms with Crippen molar-refractivity contribution in [2.45, 2.75) is 6.92 Å². The van der Waals surface area contributed by atoms with Crippen LogP contribution in [0.25, 0.3) is 0 Å². The van der Waals surface area contributed by atoms with E-state index in [-0.39, 0.29) is 0 Å². The maximum atomic E-state index is 10.6. The lowest BCUT2D eigenvalue weighted by Gasteiger charge is -2.23. The van der Waals surface area contributed by atoms with E-state index in [0.717, 1.165) is 58.4 Å². The van der Waals surface area contributed by atoms with Crippen LogP contribution in [0, 0.1) is 0 Å². The van der Waals surface area contributed by atoms with Gasteiger partial charge in [0.05, 0.1) is 13.1 Å². The molecule has 17 heavy (non-hydrogen) atoms. The predicted molar refractivity (Wildman–Crippen MR) is 67.1 cm³/mol. The highest BCUT2D eigenvalue weighted by Gasteiger charge is 2.14. The molecule has 0 bridgehead atoms. The minimum atomic E-state index is 0.493. The maximum absolute atomic E-state index is 10.6. The molecule has 0 radical (unpaired) electrons. The third kappa shape index (κ3) is 5.39. The Labute approximate surface area is 103 Å². The molecule has 0 aromatic carbocycles. The van der Waals surface area contributed by atoms with Crippen LogP contribution in [0.5, 0.6) is 0 Å². The molecule has 0 aliphatic carbocycles. The Morgan fingerprint density at radius 3 is 1.41 bits per heavy atom. The molecule has 1 heterocycles. The normalized spacial score (nSPS) is 21.5. The highest BCUT2D eigenvalue weighted by Crippen LogP contribution is 1.99. The molecule has 1 saturated heterocycles. The van der Waals surface area contributed by atoms with Gasteiger partial charge in [-0.3, -0.25) is 9.80 Å². The second kappa shape index (κ2) is 8.33. The average molecular weight is 241 g/mol. The van der Waals surface area contributed by atoms with Gasteiger partial charge in [-0.2, -0.15) is 0 Å². The van der Waals surface area contributed by atoms with Gasteiger partial charge >= 0.3 is 0 Å². The first-order valence-corrected chi connectivity index (χ1v) is 6.34. The van der Waals surface area contributed by atoms with Crippen LogP contribution >= 0.6 is 0 Å². The van der Waals surface area contributed by atoms with E-state index in [2.05, 4.69) is 21.6 Å². The van der Waals surface area contributed by atoms with Crippen LogP contribution in [0.4, 0.5) is 0 Å². The second-order valence-corrected chi connectivity index (χ2v) is 4.37. The highest BCUT2D eigenvalue weighted by molar-refractivity contribution is 5.52. The van der Waals surface area contributed by atoms with Gasteiger partial charge in [0.2, 0.25) is 0 Å². The largest absolute Gasteiger partial charge is 0.302 e. The Hall–Kier alpha value is -0.780. The first kappa shape index (κ1) is 14.3. The summed E-state index contributed by atoms with van der Waals surface area (Å²) in [6, 6.07) is 0. The van der Waals surface area contributed by atoms with Crippen molar-refractivity contribution in [3.8, 4) is 0 Å². The van der Waals surface area contributed by atoms with E-state index in [1.54, 1.807) is 0 Å². The molecule has 1 aliphatic heterocycles. The van der Waals surface area contributed by atoms with Gasteiger partial charge in [-0.15, -0.1) is 0 Å². The van der Waals surface area contributed by atoms with Crippen LogP contribution in [0.1, 0.15) is 6.92 Å². The third-order valence-corrected chi connectivity index (χ3v) is 3.31. The Morgan fingerprint density at radius 1 is 0.765 bits per heavy atom. The van der Waals surface area contributed by atoms with Crippen molar-refractivity contribution in [1.29, 1.82) is 0 Å². The Bertz CT molecular complexity index is 214. The molecule has 5 nitrogen and oxygen atoms in total. The van der Waals surface area contributed by atoms with E-state index in [4.69, 9.17) is 0 Å². The molecule has 0 N–H and O–H groups in total. The summed E-state index contributed by atoms with van der Waals surface area (Å²) in [7, 11) is 0. The van der Waals surface area contributed by atoms with Crippen molar-refractivity contribution >= 4 is 12.6 Å². The van der Waals surface area contributed by atoms with Gasteiger partial charge in [0.1, 0.15) is 12.6 Å². The van der Waals surface area contributed by atoms with Gasteiger partial charge in [-0.1, -0.05) is 6.92 Å². The van der Waals surface area contributed by atoms with Crippen molar-refractivity contribution in [1.82, 2.24) is 14.7 Å². The zero-order valence-corrected chi connectivity index (χ0v) is 10.7. The van der Waals surface area contributed by atoms with Crippen molar-refractivity contribution < 1.29 is 9.59 Å². The summed E-state index contributed by atoms with van der Waals surface area (Å²) in [6.45, 7) is 9.74. The van der Waals surface area contributed by atoms with E-state index >= 15 is 0 Å². The van der Waals surface area contributed by atoms with Gasteiger partial charge in [0.25, 0.3) is 0 Å². The molecule has 0 amide bonds. The SMILES string of the molecule is CCN1CCN(CC=O)CCN(CC=O)CC1. The van der Waals surface area contributed by atoms with Crippen molar-refractivity contribution in [2.24, 2.45) is 0 Å². The van der Waals surface area contributed by atoms with Gasteiger partial charge in [-0.05, 0) is 6.54 Å². The fraction of sp³-hybridized carbons (Fsp3) is 0.833. The monoisotopic (exact) mass is 241 g/mol. The summed E-state index contributed by atoms with van der Waals surface area (Å²) < 4.78 is 0. The fourth-order valence-corrected chi connectivity index (χ4v) is 2.08. The van der Waals surface area contributed by atoms with Gasteiger partial charge in [0, 0.05) is 39.3 Å². The number of hydrogen-bond donors (Lipinski definition) is 0. The molecular weight excluding hydrogens is 218 g/mol. The number of carbonyl (C=O) groups is 2. The summed E-state index contributed by atoms with van der Waals surface area (Å²) >= 11 is 0. The topological polar surface area (TPSA) is 43.9 Å². The molecule has 1 aliphatic rings. The minimum Gasteiger partial charge on any atom is -0.302 e.